The Bertz CT molecular complexity index is 1240. The molecule has 0 spiro atoms. The molecule has 0 unspecified atom stereocenters. The molecule has 30 heavy (non-hydrogen) atoms. The molecular weight excluding hydrogens is 376 g/mol. The van der Waals surface area contributed by atoms with E-state index in [9.17, 15) is 5.11 Å². The highest BCUT2D eigenvalue weighted by Crippen LogP contribution is 2.28. The minimum atomic E-state index is -0.848. The summed E-state index contributed by atoms with van der Waals surface area (Å²) in [5.74, 6) is 6.36. The molecule has 3 aromatic carbocycles. The number of nitrogens with two attached hydrogens (primary N) is 1. The molecule has 1 atom stereocenters. The fourth-order valence-corrected chi connectivity index (χ4v) is 3.19. The molecule has 5 heteroatoms. The van der Waals surface area contributed by atoms with E-state index in [4.69, 9.17) is 15.6 Å². The smallest absolute Gasteiger partial charge is 0.100 e. The summed E-state index contributed by atoms with van der Waals surface area (Å²) in [7, 11) is 0. The second-order valence-corrected chi connectivity index (χ2v) is 7.07. The van der Waals surface area contributed by atoms with Gasteiger partial charge in [-0.3, -0.25) is 0 Å². The molecule has 1 aromatic heterocycles. The van der Waals surface area contributed by atoms with E-state index in [0.717, 1.165) is 44.2 Å². The van der Waals surface area contributed by atoms with Crippen molar-refractivity contribution in [3.05, 3.63) is 83.4 Å². The third-order valence-electron chi connectivity index (χ3n) is 4.82. The summed E-state index contributed by atoms with van der Waals surface area (Å²) in [4.78, 5) is 4.68. The van der Waals surface area contributed by atoms with Crippen molar-refractivity contribution < 1.29 is 14.9 Å². The first-order chi connectivity index (χ1) is 14.6. The third kappa shape index (κ3) is 4.42. The lowest BCUT2D eigenvalue weighted by atomic mass is 10.1. The van der Waals surface area contributed by atoms with Crippen molar-refractivity contribution in [2.45, 2.75) is 12.7 Å². The summed E-state index contributed by atoms with van der Waals surface area (Å²) in [6.45, 7) is 0.171. The average molecular weight is 398 g/mol. The number of pyridine rings is 1. The maximum atomic E-state index is 9.29. The van der Waals surface area contributed by atoms with E-state index in [1.165, 1.54) is 0 Å². The molecule has 0 aliphatic heterocycles. The number of benzene rings is 3. The minimum absolute atomic E-state index is 0.104. The minimum Gasteiger partial charge on any atom is -0.398 e. The number of rotatable bonds is 5. The van der Waals surface area contributed by atoms with Gasteiger partial charge in [0.1, 0.15) is 6.10 Å². The number of hydrogen-bond donors (Lipinski definition) is 3. The summed E-state index contributed by atoms with van der Waals surface area (Å²) in [5.41, 5.74) is 11.6. The molecule has 4 aromatic rings. The molecule has 0 aliphatic rings. The van der Waals surface area contributed by atoms with Gasteiger partial charge in [-0.05, 0) is 42.0 Å². The summed E-state index contributed by atoms with van der Waals surface area (Å²) in [5, 5.41) is 19.9. The van der Waals surface area contributed by atoms with Gasteiger partial charge in [0.25, 0.3) is 0 Å². The molecular formula is C25H22N2O3. The van der Waals surface area contributed by atoms with Gasteiger partial charge in [-0.15, -0.1) is 0 Å². The number of ether oxygens (including phenoxy) is 1. The average Bonchev–Trinajstić information content (AvgIpc) is 2.79. The van der Waals surface area contributed by atoms with Crippen LogP contribution in [0.2, 0.25) is 0 Å². The van der Waals surface area contributed by atoms with Crippen LogP contribution in [0.5, 0.6) is 0 Å². The molecule has 0 fully saturated rings. The molecule has 1 heterocycles. The Hall–Kier alpha value is -3.43. The standard InChI is InChI=1S/C25H22N2O3/c26-25-21-3-1-2-4-23(21)27-24-12-11-18(13-22(24)25)8-5-17-6-9-19(10-7-17)15-30-16-20(29)14-28/h1-4,6-7,9-13,20,28-29H,14-16H2,(H2,26,27)/t20-/m1/s1. The van der Waals surface area contributed by atoms with Crippen molar-refractivity contribution in [3.8, 4) is 11.8 Å². The Morgan fingerprint density at radius 1 is 0.900 bits per heavy atom. The van der Waals surface area contributed by atoms with Crippen molar-refractivity contribution in [1.82, 2.24) is 4.98 Å². The number of para-hydroxylation sites is 1. The number of fused-ring (bicyclic) bond motifs is 2. The van der Waals surface area contributed by atoms with Crippen LogP contribution < -0.4 is 5.73 Å². The van der Waals surface area contributed by atoms with Crippen molar-refractivity contribution in [3.63, 3.8) is 0 Å². The van der Waals surface area contributed by atoms with Crippen LogP contribution in [0.15, 0.2) is 66.7 Å². The maximum Gasteiger partial charge on any atom is 0.100 e. The van der Waals surface area contributed by atoms with Gasteiger partial charge in [-0.2, -0.15) is 0 Å². The Labute approximate surface area is 174 Å². The van der Waals surface area contributed by atoms with E-state index in [2.05, 4.69) is 16.8 Å². The number of anilines is 1. The van der Waals surface area contributed by atoms with Gasteiger partial charge in [0.15, 0.2) is 0 Å². The molecule has 0 saturated heterocycles. The number of hydrogen-bond acceptors (Lipinski definition) is 5. The third-order valence-corrected chi connectivity index (χ3v) is 4.82. The highest BCUT2D eigenvalue weighted by Gasteiger charge is 2.06. The molecule has 0 bridgehead atoms. The molecule has 4 rings (SSSR count). The summed E-state index contributed by atoms with van der Waals surface area (Å²) in [6, 6.07) is 21.5. The lowest BCUT2D eigenvalue weighted by Crippen LogP contribution is -2.19. The van der Waals surface area contributed by atoms with Crippen molar-refractivity contribution >= 4 is 27.5 Å². The first kappa shape index (κ1) is 19.9. The maximum absolute atomic E-state index is 9.29. The first-order valence-corrected chi connectivity index (χ1v) is 9.69. The van der Waals surface area contributed by atoms with Crippen LogP contribution in [0.1, 0.15) is 16.7 Å². The van der Waals surface area contributed by atoms with Gasteiger partial charge in [-0.25, -0.2) is 4.98 Å². The highest BCUT2D eigenvalue weighted by molar-refractivity contribution is 6.06. The van der Waals surface area contributed by atoms with Crippen LogP contribution in [-0.4, -0.2) is 34.5 Å². The fourth-order valence-electron chi connectivity index (χ4n) is 3.19. The first-order valence-electron chi connectivity index (χ1n) is 9.69. The Kier molecular flexibility index (Phi) is 5.92. The zero-order valence-corrected chi connectivity index (χ0v) is 16.4. The largest absolute Gasteiger partial charge is 0.398 e. The van der Waals surface area contributed by atoms with Crippen LogP contribution in [-0.2, 0) is 11.3 Å². The van der Waals surface area contributed by atoms with E-state index >= 15 is 0 Å². The molecule has 0 radical (unpaired) electrons. The van der Waals surface area contributed by atoms with Gasteiger partial charge in [0.05, 0.1) is 36.5 Å². The van der Waals surface area contributed by atoms with Crippen LogP contribution in [0.25, 0.3) is 21.8 Å². The van der Waals surface area contributed by atoms with E-state index < -0.39 is 6.10 Å². The normalized spacial score (nSPS) is 11.9. The fraction of sp³-hybridized carbons (Fsp3) is 0.160. The number of aliphatic hydroxyl groups excluding tert-OH is 2. The number of aliphatic hydroxyl groups is 2. The molecule has 0 amide bonds. The number of aromatic nitrogens is 1. The Morgan fingerprint density at radius 3 is 2.40 bits per heavy atom. The van der Waals surface area contributed by atoms with Crippen LogP contribution in [0.4, 0.5) is 5.69 Å². The van der Waals surface area contributed by atoms with Gasteiger partial charge in [0, 0.05) is 21.9 Å². The predicted octanol–water partition coefficient (Wildman–Crippen LogP) is 3.24. The van der Waals surface area contributed by atoms with Gasteiger partial charge in [-0.1, -0.05) is 42.2 Å². The zero-order valence-electron chi connectivity index (χ0n) is 16.4. The molecule has 0 saturated carbocycles. The quantitative estimate of drug-likeness (QED) is 0.355. The van der Waals surface area contributed by atoms with Crippen molar-refractivity contribution in [2.75, 3.05) is 18.9 Å². The topological polar surface area (TPSA) is 88.6 Å². The second kappa shape index (κ2) is 8.93. The lowest BCUT2D eigenvalue weighted by molar-refractivity contribution is 0.0000244. The zero-order chi connectivity index (χ0) is 20.9. The van der Waals surface area contributed by atoms with Crippen molar-refractivity contribution in [2.24, 2.45) is 0 Å². The van der Waals surface area contributed by atoms with Gasteiger partial charge in [0.2, 0.25) is 0 Å². The highest BCUT2D eigenvalue weighted by atomic mass is 16.5. The summed E-state index contributed by atoms with van der Waals surface area (Å²) >= 11 is 0. The number of nitrogen functional groups attached to an aromatic ring is 1. The van der Waals surface area contributed by atoms with Gasteiger partial charge < -0.3 is 20.7 Å². The lowest BCUT2D eigenvalue weighted by Gasteiger charge is -2.08. The summed E-state index contributed by atoms with van der Waals surface area (Å²) in [6.07, 6.45) is -0.848. The summed E-state index contributed by atoms with van der Waals surface area (Å²) < 4.78 is 5.36. The predicted molar refractivity (Wildman–Crippen MR) is 119 cm³/mol. The monoisotopic (exact) mass is 398 g/mol. The van der Waals surface area contributed by atoms with Crippen LogP contribution in [0, 0.1) is 11.8 Å². The van der Waals surface area contributed by atoms with E-state index in [0.29, 0.717) is 6.61 Å². The molecule has 0 aliphatic carbocycles. The van der Waals surface area contributed by atoms with E-state index in [-0.39, 0.29) is 13.2 Å². The van der Waals surface area contributed by atoms with Crippen LogP contribution in [0.3, 0.4) is 0 Å². The molecule has 4 N–H and O–H groups in total. The van der Waals surface area contributed by atoms with Crippen LogP contribution >= 0.6 is 0 Å². The molecule has 150 valence electrons. The van der Waals surface area contributed by atoms with Gasteiger partial charge >= 0.3 is 0 Å². The van der Waals surface area contributed by atoms with Crippen molar-refractivity contribution in [1.29, 1.82) is 0 Å². The SMILES string of the molecule is Nc1c2ccccc2nc2ccc(C#Cc3ccc(COC[C@H](O)CO)cc3)cc12. The van der Waals surface area contributed by atoms with E-state index in [1.807, 2.05) is 66.7 Å². The number of nitrogens with zero attached hydrogens (tertiary/aromatic N) is 1. The van der Waals surface area contributed by atoms with E-state index in [1.54, 1.807) is 0 Å². The Morgan fingerprint density at radius 2 is 1.60 bits per heavy atom. The second-order valence-electron chi connectivity index (χ2n) is 7.07. The Balaban J connectivity index is 1.52. The molecule has 5 nitrogen and oxygen atoms in total.